The first-order valence-corrected chi connectivity index (χ1v) is 19.7. The number of benzene rings is 1. The molecule has 3 aromatic heterocycles. The topological polar surface area (TPSA) is 220 Å². The molecule has 254 valence electrons. The summed E-state index contributed by atoms with van der Waals surface area (Å²) in [6.07, 6.45) is -11.3. The van der Waals surface area contributed by atoms with Crippen LogP contribution >= 0.6 is 60.6 Å². The number of hydrogen-bond donors (Lipinski definition) is 5. The van der Waals surface area contributed by atoms with E-state index < -0.39 is 81.4 Å². The highest BCUT2D eigenvalue weighted by molar-refractivity contribution is 8.44. The molecule has 47 heavy (non-hydrogen) atoms. The number of H-pyrrole nitrogens is 1. The summed E-state index contributed by atoms with van der Waals surface area (Å²) < 4.78 is 65.9. The lowest BCUT2D eigenvalue weighted by molar-refractivity contribution is -0.0568. The number of alkyl halides is 1. The molecule has 3 fully saturated rings. The van der Waals surface area contributed by atoms with E-state index in [0.717, 1.165) is 10.9 Å². The Labute approximate surface area is 287 Å². The van der Waals surface area contributed by atoms with Gasteiger partial charge in [0.2, 0.25) is 11.2 Å². The lowest BCUT2D eigenvalue weighted by atomic mass is 10.1. The Balaban J connectivity index is 1.18. The molecule has 3 aliphatic heterocycles. The van der Waals surface area contributed by atoms with Gasteiger partial charge in [-0.1, -0.05) is 35.5 Å². The molecule has 0 aliphatic carbocycles. The third kappa shape index (κ3) is 6.26. The summed E-state index contributed by atoms with van der Waals surface area (Å²) in [7, 11) is 0. The van der Waals surface area contributed by atoms with E-state index in [2.05, 4.69) is 32.2 Å². The largest absolute Gasteiger partial charge is 0.386 e. The van der Waals surface area contributed by atoms with Gasteiger partial charge in [-0.3, -0.25) is 32.5 Å². The zero-order valence-corrected chi connectivity index (χ0v) is 28.8. The van der Waals surface area contributed by atoms with E-state index in [1.54, 1.807) is 0 Å². The van der Waals surface area contributed by atoms with Crippen molar-refractivity contribution >= 4 is 101 Å². The van der Waals surface area contributed by atoms with Crippen LogP contribution in [0.2, 0.25) is 15.3 Å². The number of nitrogens with zero attached hydrogens (tertiary/aromatic N) is 5. The van der Waals surface area contributed by atoms with Gasteiger partial charge in [-0.15, -0.1) is 0 Å². The lowest BCUT2D eigenvalue weighted by Crippen LogP contribution is -2.38. The average molecular weight is 795 g/mol. The van der Waals surface area contributed by atoms with Gasteiger partial charge < -0.3 is 29.7 Å². The van der Waals surface area contributed by atoms with E-state index in [4.69, 9.17) is 79.9 Å². The number of nitrogens with two attached hydrogens (primary N) is 1. The first kappa shape index (κ1) is 34.0. The standard InChI is InChI=1S/C22H21Cl3FN7O10P2S2/c23-6-1-8-9(2-7(6)24)33(21(25)29-8)20-14(34)16-11(41-20)4-39-44(36,46)42-15-10(3-38-45(37,47)43-16)40-19(12(15)26)32-5-28-13-17(32)30-22(27)31-18(13)35/h1-2,5,10-12,14-16,19-20,34H,3-4H2,(H,36,46)(H,37,47)(H3,27,30,31,35)/t10-,11-,12+,14?,15?,16+,19-,20-,44?,45?/m1/s1. The fraction of sp³-hybridized carbons (Fsp3) is 0.455. The van der Waals surface area contributed by atoms with Crippen LogP contribution in [0.4, 0.5) is 10.3 Å². The van der Waals surface area contributed by atoms with Gasteiger partial charge in [0.25, 0.3) is 5.56 Å². The molecular formula is C22H21Cl3FN7O10P2S2. The monoisotopic (exact) mass is 793 g/mol. The van der Waals surface area contributed by atoms with Crippen LogP contribution in [-0.4, -0.2) is 89.0 Å². The zero-order valence-electron chi connectivity index (χ0n) is 23.0. The highest BCUT2D eigenvalue weighted by Crippen LogP contribution is 2.58. The van der Waals surface area contributed by atoms with Crippen molar-refractivity contribution in [3.8, 4) is 0 Å². The molecule has 0 amide bonds. The number of aliphatic hydroxyl groups is 1. The Morgan fingerprint density at radius 1 is 1.09 bits per heavy atom. The number of anilines is 1. The number of halogens is 4. The Kier molecular flexibility index (Phi) is 8.97. The van der Waals surface area contributed by atoms with E-state index in [1.807, 2.05) is 0 Å². The van der Waals surface area contributed by atoms with E-state index in [1.165, 1.54) is 16.7 Å². The van der Waals surface area contributed by atoms with Crippen LogP contribution in [0, 0.1) is 0 Å². The third-order valence-electron chi connectivity index (χ3n) is 7.56. The summed E-state index contributed by atoms with van der Waals surface area (Å²) in [4.78, 5) is 37.7. The molecule has 3 saturated heterocycles. The van der Waals surface area contributed by atoms with Gasteiger partial charge in [-0.2, -0.15) is 4.98 Å². The molecule has 0 radical (unpaired) electrons. The van der Waals surface area contributed by atoms with Crippen LogP contribution in [0.3, 0.4) is 0 Å². The van der Waals surface area contributed by atoms with E-state index in [0.29, 0.717) is 11.0 Å². The van der Waals surface area contributed by atoms with Crippen LogP contribution in [0.5, 0.6) is 0 Å². The van der Waals surface area contributed by atoms with Crippen molar-refractivity contribution < 1.29 is 46.5 Å². The predicted octanol–water partition coefficient (Wildman–Crippen LogP) is 3.28. The summed E-state index contributed by atoms with van der Waals surface area (Å²) in [5.74, 6) is -0.260. The molecule has 0 spiro atoms. The van der Waals surface area contributed by atoms with Gasteiger partial charge in [0.15, 0.2) is 29.8 Å². The number of fused-ring (bicyclic) bond motifs is 4. The van der Waals surface area contributed by atoms with Crippen LogP contribution in [-0.2, 0) is 43.9 Å². The molecule has 1 aromatic carbocycles. The number of aliphatic hydroxyl groups excluding tert-OH is 1. The third-order valence-corrected chi connectivity index (χ3v) is 11.7. The quantitative estimate of drug-likeness (QED) is 0.145. The van der Waals surface area contributed by atoms with Crippen molar-refractivity contribution in [2.45, 2.75) is 49.1 Å². The smallest absolute Gasteiger partial charge is 0.386 e. The number of aromatic amines is 1. The molecule has 10 atom stereocenters. The molecule has 0 bridgehead atoms. The Hall–Kier alpha value is -1.45. The highest BCUT2D eigenvalue weighted by Gasteiger charge is 2.53. The molecule has 0 saturated carbocycles. The number of hydrogen-bond acceptors (Lipinski definition) is 14. The molecule has 5 N–H and O–H groups in total. The summed E-state index contributed by atoms with van der Waals surface area (Å²) in [6.45, 7) is -9.96. The van der Waals surface area contributed by atoms with Crippen LogP contribution in [0.15, 0.2) is 23.3 Å². The number of rotatable bonds is 2. The van der Waals surface area contributed by atoms with E-state index in [9.17, 15) is 19.4 Å². The molecule has 3 aliphatic rings. The zero-order chi connectivity index (χ0) is 33.6. The maximum absolute atomic E-state index is 16.1. The number of nitrogens with one attached hydrogen (secondary N) is 1. The normalized spacial score (nSPS) is 36.7. The lowest BCUT2D eigenvalue weighted by Gasteiger charge is -2.29. The van der Waals surface area contributed by atoms with Gasteiger partial charge in [-0.05, 0) is 35.5 Å². The SMILES string of the molecule is Nc1nc2c(ncn2[C@@H]2O[C@@H]3COP(O)(=S)O[C@@H]4C(O)[C@H](n5c(Cl)nc6cc(Cl)c(Cl)cc65)O[C@@H]4COP(=O)(S)OC3[C@@H]2F)c(=O)[nH]1. The maximum atomic E-state index is 16.1. The summed E-state index contributed by atoms with van der Waals surface area (Å²) in [6, 6.07) is 2.92. The van der Waals surface area contributed by atoms with Crippen molar-refractivity contribution in [1.29, 1.82) is 0 Å². The number of thiol groups is 1. The van der Waals surface area contributed by atoms with Gasteiger partial charge in [0.05, 0.1) is 40.6 Å². The van der Waals surface area contributed by atoms with Crippen molar-refractivity contribution in [2.75, 3.05) is 18.9 Å². The number of aromatic nitrogens is 6. The van der Waals surface area contributed by atoms with Crippen molar-refractivity contribution in [2.24, 2.45) is 0 Å². The Morgan fingerprint density at radius 2 is 1.77 bits per heavy atom. The Morgan fingerprint density at radius 3 is 2.53 bits per heavy atom. The van der Waals surface area contributed by atoms with Crippen molar-refractivity contribution in [1.82, 2.24) is 29.1 Å². The number of imidazole rings is 2. The molecule has 25 heteroatoms. The second kappa shape index (κ2) is 12.4. The molecule has 4 aromatic rings. The minimum atomic E-state index is -4.43. The summed E-state index contributed by atoms with van der Waals surface area (Å²) in [5, 5.41) is 11.6. The van der Waals surface area contributed by atoms with Gasteiger partial charge in [0, 0.05) is 0 Å². The Bertz CT molecular complexity index is 2060. The van der Waals surface area contributed by atoms with Gasteiger partial charge >= 0.3 is 13.5 Å². The van der Waals surface area contributed by atoms with Crippen molar-refractivity contribution in [3.63, 3.8) is 0 Å². The first-order chi connectivity index (χ1) is 22.1. The van der Waals surface area contributed by atoms with Gasteiger partial charge in [0.1, 0.15) is 30.5 Å². The minimum Gasteiger partial charge on any atom is -0.386 e. The second-order valence-electron chi connectivity index (χ2n) is 10.5. The minimum absolute atomic E-state index is 0.109. The molecule has 7 rings (SSSR count). The summed E-state index contributed by atoms with van der Waals surface area (Å²) >= 11 is 27.9. The highest BCUT2D eigenvalue weighted by atomic mass is 35.5. The molecule has 17 nitrogen and oxygen atoms in total. The predicted molar refractivity (Wildman–Crippen MR) is 171 cm³/mol. The van der Waals surface area contributed by atoms with E-state index in [-0.39, 0.29) is 32.4 Å². The first-order valence-electron chi connectivity index (χ1n) is 13.3. The van der Waals surface area contributed by atoms with Crippen molar-refractivity contribution in [3.05, 3.63) is 44.1 Å². The average Bonchev–Trinajstić information content (AvgIpc) is 3.70. The fourth-order valence-electron chi connectivity index (χ4n) is 5.51. The maximum Gasteiger partial charge on any atom is 0.386 e. The van der Waals surface area contributed by atoms with Gasteiger partial charge in [-0.25, -0.2) is 18.9 Å². The summed E-state index contributed by atoms with van der Waals surface area (Å²) in [5.41, 5.74) is 5.37. The molecule has 4 unspecified atom stereocenters. The van der Waals surface area contributed by atoms with Crippen LogP contribution in [0.25, 0.3) is 22.2 Å². The fourth-order valence-corrected chi connectivity index (χ4v) is 9.03. The second-order valence-corrected chi connectivity index (χ2v) is 17.3. The van der Waals surface area contributed by atoms with E-state index >= 15 is 4.39 Å². The molecular weight excluding hydrogens is 774 g/mol. The number of nitrogen functional groups attached to an aromatic ring is 1. The number of ether oxygens (including phenoxy) is 2. The molecule has 6 heterocycles. The van der Waals surface area contributed by atoms with Crippen LogP contribution < -0.4 is 11.3 Å². The van der Waals surface area contributed by atoms with Crippen LogP contribution in [0.1, 0.15) is 12.5 Å².